The molecule has 1 aliphatic rings. The fourth-order valence-electron chi connectivity index (χ4n) is 2.94. The molecular weight excluding hydrogens is 248 g/mol. The molecule has 2 aromatic rings. The molecule has 1 aromatic carbocycles. The van der Waals surface area contributed by atoms with E-state index in [1.54, 1.807) is 6.20 Å². The summed E-state index contributed by atoms with van der Waals surface area (Å²) >= 11 is 0. The predicted octanol–water partition coefficient (Wildman–Crippen LogP) is 4.72. The summed E-state index contributed by atoms with van der Waals surface area (Å²) in [6.07, 6.45) is 11.6. The Balaban J connectivity index is 1.55. The van der Waals surface area contributed by atoms with Crippen molar-refractivity contribution < 1.29 is 4.42 Å². The molecular formula is C17H22N2O. The summed E-state index contributed by atoms with van der Waals surface area (Å²) in [4.78, 5) is 3.95. The standard InChI is InChI=1S/C17H22N2O/c1-2-4-6-14(5-3-1)11-19-16-9-7-15(8-10-16)17-12-18-13-20-17/h7-10,12-14,19H,1-6,11H2. The number of benzene rings is 1. The second-order valence-electron chi connectivity index (χ2n) is 5.68. The molecule has 0 atom stereocenters. The van der Waals surface area contributed by atoms with Crippen molar-refractivity contribution >= 4 is 5.69 Å². The largest absolute Gasteiger partial charge is 0.444 e. The van der Waals surface area contributed by atoms with E-state index in [4.69, 9.17) is 4.42 Å². The Morgan fingerprint density at radius 2 is 1.80 bits per heavy atom. The molecule has 1 N–H and O–H groups in total. The Hall–Kier alpha value is -1.77. The summed E-state index contributed by atoms with van der Waals surface area (Å²) in [5.41, 5.74) is 2.26. The molecule has 0 saturated heterocycles. The van der Waals surface area contributed by atoms with Gasteiger partial charge in [0.15, 0.2) is 12.2 Å². The van der Waals surface area contributed by atoms with Crippen molar-refractivity contribution in [3.8, 4) is 11.3 Å². The van der Waals surface area contributed by atoms with Gasteiger partial charge in [-0.05, 0) is 43.0 Å². The summed E-state index contributed by atoms with van der Waals surface area (Å²) in [5.74, 6) is 1.66. The van der Waals surface area contributed by atoms with Crippen LogP contribution in [0.15, 0.2) is 41.3 Å². The van der Waals surface area contributed by atoms with Crippen LogP contribution in [-0.4, -0.2) is 11.5 Å². The maximum atomic E-state index is 5.30. The normalized spacial score (nSPS) is 16.8. The fraction of sp³-hybridized carbons (Fsp3) is 0.471. The Morgan fingerprint density at radius 1 is 1.05 bits per heavy atom. The first kappa shape index (κ1) is 13.2. The van der Waals surface area contributed by atoms with Crippen LogP contribution in [0.25, 0.3) is 11.3 Å². The molecule has 1 saturated carbocycles. The maximum absolute atomic E-state index is 5.30. The molecule has 1 aromatic heterocycles. The van der Waals surface area contributed by atoms with Crippen LogP contribution in [-0.2, 0) is 0 Å². The minimum atomic E-state index is 0.820. The Bertz CT molecular complexity index is 496. The lowest BCUT2D eigenvalue weighted by Gasteiger charge is -2.15. The molecule has 0 spiro atoms. The first-order chi connectivity index (χ1) is 9.92. The van der Waals surface area contributed by atoms with Gasteiger partial charge in [0, 0.05) is 17.8 Å². The van der Waals surface area contributed by atoms with Crippen molar-refractivity contribution in [1.82, 2.24) is 4.98 Å². The lowest BCUT2D eigenvalue weighted by Crippen LogP contribution is -2.13. The highest BCUT2D eigenvalue weighted by Gasteiger charge is 2.11. The van der Waals surface area contributed by atoms with Crippen molar-refractivity contribution in [1.29, 1.82) is 0 Å². The van der Waals surface area contributed by atoms with Gasteiger partial charge < -0.3 is 9.73 Å². The molecule has 3 heteroatoms. The van der Waals surface area contributed by atoms with Crippen molar-refractivity contribution in [2.24, 2.45) is 5.92 Å². The van der Waals surface area contributed by atoms with Crippen LogP contribution in [0.4, 0.5) is 5.69 Å². The van der Waals surface area contributed by atoms with Gasteiger partial charge in [0.1, 0.15) is 0 Å². The SMILES string of the molecule is c1ncc(-c2ccc(NCC3CCCCCC3)cc2)o1. The predicted molar refractivity (Wildman–Crippen MR) is 81.6 cm³/mol. The fourth-order valence-corrected chi connectivity index (χ4v) is 2.94. The Kier molecular flexibility index (Phi) is 4.36. The van der Waals surface area contributed by atoms with Gasteiger partial charge in [-0.1, -0.05) is 25.7 Å². The van der Waals surface area contributed by atoms with Crippen LogP contribution in [0.2, 0.25) is 0 Å². The third-order valence-electron chi connectivity index (χ3n) is 4.17. The molecule has 3 nitrogen and oxygen atoms in total. The van der Waals surface area contributed by atoms with Crippen LogP contribution in [0.3, 0.4) is 0 Å². The Labute approximate surface area is 120 Å². The summed E-state index contributed by atoms with van der Waals surface area (Å²) in [7, 11) is 0. The van der Waals surface area contributed by atoms with E-state index in [1.807, 2.05) is 0 Å². The van der Waals surface area contributed by atoms with Crippen LogP contribution in [0, 0.1) is 5.92 Å². The van der Waals surface area contributed by atoms with Crippen molar-refractivity contribution in [2.45, 2.75) is 38.5 Å². The van der Waals surface area contributed by atoms with Crippen LogP contribution in [0.5, 0.6) is 0 Å². The number of hydrogen-bond acceptors (Lipinski definition) is 3. The van der Waals surface area contributed by atoms with Gasteiger partial charge in [-0.2, -0.15) is 0 Å². The van der Waals surface area contributed by atoms with E-state index >= 15 is 0 Å². The van der Waals surface area contributed by atoms with Crippen molar-refractivity contribution in [3.63, 3.8) is 0 Å². The summed E-state index contributed by atoms with van der Waals surface area (Å²) in [6.45, 7) is 1.10. The highest BCUT2D eigenvalue weighted by molar-refractivity contribution is 5.60. The molecule has 20 heavy (non-hydrogen) atoms. The number of nitrogens with one attached hydrogen (secondary N) is 1. The number of hydrogen-bond donors (Lipinski definition) is 1. The average Bonchev–Trinajstić information content (AvgIpc) is 2.90. The molecule has 1 heterocycles. The van der Waals surface area contributed by atoms with Gasteiger partial charge in [0.05, 0.1) is 6.20 Å². The van der Waals surface area contributed by atoms with Crippen LogP contribution in [0.1, 0.15) is 38.5 Å². The van der Waals surface area contributed by atoms with Gasteiger partial charge in [-0.3, -0.25) is 0 Å². The van der Waals surface area contributed by atoms with E-state index < -0.39 is 0 Å². The highest BCUT2D eigenvalue weighted by Crippen LogP contribution is 2.24. The smallest absolute Gasteiger partial charge is 0.181 e. The molecule has 1 aliphatic carbocycles. The first-order valence-corrected chi connectivity index (χ1v) is 7.64. The zero-order valence-corrected chi connectivity index (χ0v) is 11.8. The Morgan fingerprint density at radius 3 is 2.45 bits per heavy atom. The van der Waals surface area contributed by atoms with Gasteiger partial charge in [0.25, 0.3) is 0 Å². The van der Waals surface area contributed by atoms with Gasteiger partial charge in [-0.15, -0.1) is 0 Å². The number of oxazole rings is 1. The molecule has 0 unspecified atom stereocenters. The van der Waals surface area contributed by atoms with E-state index in [1.165, 1.54) is 50.6 Å². The van der Waals surface area contributed by atoms with E-state index in [-0.39, 0.29) is 0 Å². The topological polar surface area (TPSA) is 38.1 Å². The second kappa shape index (κ2) is 6.60. The molecule has 0 radical (unpaired) electrons. The first-order valence-electron chi connectivity index (χ1n) is 7.64. The van der Waals surface area contributed by atoms with E-state index in [0.717, 1.165) is 23.8 Å². The molecule has 0 bridgehead atoms. The van der Waals surface area contributed by atoms with Gasteiger partial charge >= 0.3 is 0 Å². The monoisotopic (exact) mass is 270 g/mol. The van der Waals surface area contributed by atoms with Crippen molar-refractivity contribution in [2.75, 3.05) is 11.9 Å². The van der Waals surface area contributed by atoms with Gasteiger partial charge in [-0.25, -0.2) is 4.98 Å². The van der Waals surface area contributed by atoms with Gasteiger partial charge in [0.2, 0.25) is 0 Å². The van der Waals surface area contributed by atoms with E-state index in [9.17, 15) is 0 Å². The molecule has 106 valence electrons. The summed E-state index contributed by atoms with van der Waals surface area (Å²) in [5, 5.41) is 3.57. The molecule has 0 amide bonds. The zero-order valence-electron chi connectivity index (χ0n) is 11.8. The number of aromatic nitrogens is 1. The molecule has 1 fully saturated rings. The van der Waals surface area contributed by atoms with E-state index in [2.05, 4.69) is 34.6 Å². The van der Waals surface area contributed by atoms with E-state index in [0.29, 0.717) is 0 Å². The number of rotatable bonds is 4. The van der Waals surface area contributed by atoms with Crippen LogP contribution >= 0.6 is 0 Å². The third kappa shape index (κ3) is 3.41. The minimum Gasteiger partial charge on any atom is -0.444 e. The third-order valence-corrected chi connectivity index (χ3v) is 4.17. The lowest BCUT2D eigenvalue weighted by molar-refractivity contribution is 0.483. The lowest BCUT2D eigenvalue weighted by atomic mass is 10.0. The maximum Gasteiger partial charge on any atom is 0.181 e. The minimum absolute atomic E-state index is 0.820. The molecule has 0 aliphatic heterocycles. The number of nitrogens with zero attached hydrogens (tertiary/aromatic N) is 1. The zero-order chi connectivity index (χ0) is 13.6. The van der Waals surface area contributed by atoms with Crippen LogP contribution < -0.4 is 5.32 Å². The quantitative estimate of drug-likeness (QED) is 0.817. The second-order valence-corrected chi connectivity index (χ2v) is 5.68. The molecule has 3 rings (SSSR count). The number of anilines is 1. The summed E-state index contributed by atoms with van der Waals surface area (Å²) in [6, 6.07) is 8.40. The average molecular weight is 270 g/mol. The summed E-state index contributed by atoms with van der Waals surface area (Å²) < 4.78 is 5.30. The van der Waals surface area contributed by atoms with Crippen molar-refractivity contribution in [3.05, 3.63) is 36.9 Å². The highest BCUT2D eigenvalue weighted by atomic mass is 16.3.